The molecule has 1 N–H and O–H groups in total. The molecule has 1 aliphatic rings. The van der Waals surface area contributed by atoms with Crippen molar-refractivity contribution in [3.63, 3.8) is 0 Å². The molecule has 0 amide bonds. The molecule has 110 valence electrons. The first-order valence-electron chi connectivity index (χ1n) is 7.68. The number of rotatable bonds is 3. The molecule has 0 spiro atoms. The molecule has 0 fully saturated rings. The van der Waals surface area contributed by atoms with Crippen LogP contribution in [0.2, 0.25) is 0 Å². The van der Waals surface area contributed by atoms with E-state index in [0.29, 0.717) is 11.7 Å². The number of phenolic OH excluding ortho intramolecular Hbond substituents is 1. The number of aryl methyl sites for hydroxylation is 1. The van der Waals surface area contributed by atoms with Crippen LogP contribution in [-0.2, 0) is 6.42 Å². The van der Waals surface area contributed by atoms with E-state index in [0.717, 1.165) is 24.8 Å². The van der Waals surface area contributed by atoms with Gasteiger partial charge in [0.1, 0.15) is 5.75 Å². The van der Waals surface area contributed by atoms with Gasteiger partial charge in [0, 0.05) is 11.5 Å². The van der Waals surface area contributed by atoms with Gasteiger partial charge >= 0.3 is 0 Å². The van der Waals surface area contributed by atoms with Crippen LogP contribution >= 0.6 is 0 Å². The Morgan fingerprint density at radius 3 is 2.65 bits per heavy atom. The monoisotopic (exact) mass is 272 g/mol. The molecule has 0 bridgehead atoms. The predicted molar refractivity (Wildman–Crippen MR) is 88.3 cm³/mol. The van der Waals surface area contributed by atoms with Crippen molar-refractivity contribution in [1.29, 1.82) is 0 Å². The lowest BCUT2D eigenvalue weighted by atomic mass is 9.85. The number of hydrogen-bond acceptors (Lipinski definition) is 1. The van der Waals surface area contributed by atoms with Gasteiger partial charge in [-0.05, 0) is 51.2 Å². The summed E-state index contributed by atoms with van der Waals surface area (Å²) in [5.41, 5.74) is 3.80. The molecule has 0 radical (unpaired) electrons. The molecule has 1 aliphatic carbocycles. The minimum Gasteiger partial charge on any atom is -0.508 e. The SMILES string of the molecule is C=CC.CCCc1ccc(C2C=C(C)CCC2)c(O)c1. The fraction of sp³-hybridized carbons (Fsp3) is 0.474. The Kier molecular flexibility index (Phi) is 7.14. The maximum Gasteiger partial charge on any atom is 0.119 e. The third-order valence-electron chi connectivity index (χ3n) is 3.60. The molecule has 0 aliphatic heterocycles. The second-order valence-corrected chi connectivity index (χ2v) is 5.56. The topological polar surface area (TPSA) is 20.2 Å². The summed E-state index contributed by atoms with van der Waals surface area (Å²) in [6, 6.07) is 6.22. The van der Waals surface area contributed by atoms with Crippen LogP contribution in [-0.4, -0.2) is 5.11 Å². The Hall–Kier alpha value is -1.50. The standard InChI is InChI=1S/C16H22O.C3H6/c1-3-5-13-8-9-15(16(17)11-13)14-7-4-6-12(2)10-14;1-3-2/h8-11,14,17H,3-7H2,1-2H3;3H,1H2,2H3. The molecule has 2 rings (SSSR count). The maximum atomic E-state index is 10.1. The van der Waals surface area contributed by atoms with Gasteiger partial charge in [0.2, 0.25) is 0 Å². The van der Waals surface area contributed by atoms with E-state index in [9.17, 15) is 5.11 Å². The smallest absolute Gasteiger partial charge is 0.119 e. The highest BCUT2D eigenvalue weighted by Gasteiger charge is 2.16. The lowest BCUT2D eigenvalue weighted by molar-refractivity contribution is 0.460. The van der Waals surface area contributed by atoms with Crippen molar-refractivity contribution in [3.8, 4) is 5.75 Å². The van der Waals surface area contributed by atoms with Crippen molar-refractivity contribution in [3.05, 3.63) is 53.6 Å². The Labute approximate surface area is 124 Å². The van der Waals surface area contributed by atoms with Crippen LogP contribution in [0.5, 0.6) is 5.75 Å². The van der Waals surface area contributed by atoms with E-state index < -0.39 is 0 Å². The van der Waals surface area contributed by atoms with Gasteiger partial charge in [-0.1, -0.05) is 43.2 Å². The lowest BCUT2D eigenvalue weighted by Crippen LogP contribution is -2.02. The summed E-state index contributed by atoms with van der Waals surface area (Å²) in [4.78, 5) is 0. The van der Waals surface area contributed by atoms with Gasteiger partial charge in [-0.15, -0.1) is 6.58 Å². The van der Waals surface area contributed by atoms with Crippen molar-refractivity contribution in [2.24, 2.45) is 0 Å². The zero-order valence-electron chi connectivity index (χ0n) is 13.2. The van der Waals surface area contributed by atoms with E-state index in [-0.39, 0.29) is 0 Å². The number of allylic oxidation sites excluding steroid dienone is 3. The van der Waals surface area contributed by atoms with Crippen LogP contribution in [0, 0.1) is 0 Å². The predicted octanol–water partition coefficient (Wildman–Crippen LogP) is 5.75. The highest BCUT2D eigenvalue weighted by molar-refractivity contribution is 5.41. The largest absolute Gasteiger partial charge is 0.508 e. The first-order valence-corrected chi connectivity index (χ1v) is 7.68. The summed E-state index contributed by atoms with van der Waals surface area (Å²) in [5.74, 6) is 0.895. The summed E-state index contributed by atoms with van der Waals surface area (Å²) in [7, 11) is 0. The lowest BCUT2D eigenvalue weighted by Gasteiger charge is -2.21. The summed E-state index contributed by atoms with van der Waals surface area (Å²) >= 11 is 0. The van der Waals surface area contributed by atoms with Crippen molar-refractivity contribution in [2.75, 3.05) is 0 Å². The average Bonchev–Trinajstić information content (AvgIpc) is 2.40. The quantitative estimate of drug-likeness (QED) is 0.694. The Morgan fingerprint density at radius 1 is 1.40 bits per heavy atom. The number of hydrogen-bond donors (Lipinski definition) is 1. The highest BCUT2D eigenvalue weighted by atomic mass is 16.3. The van der Waals surface area contributed by atoms with Crippen molar-refractivity contribution in [1.82, 2.24) is 0 Å². The van der Waals surface area contributed by atoms with Gasteiger partial charge in [-0.2, -0.15) is 0 Å². The first-order chi connectivity index (χ1) is 9.62. The highest BCUT2D eigenvalue weighted by Crippen LogP contribution is 2.35. The van der Waals surface area contributed by atoms with E-state index in [2.05, 4.69) is 38.6 Å². The summed E-state index contributed by atoms with van der Waals surface area (Å²) < 4.78 is 0. The fourth-order valence-electron chi connectivity index (χ4n) is 2.70. The molecule has 1 unspecified atom stereocenters. The Morgan fingerprint density at radius 2 is 2.10 bits per heavy atom. The first kappa shape index (κ1) is 16.6. The molecule has 0 saturated carbocycles. The average molecular weight is 272 g/mol. The molecular weight excluding hydrogens is 244 g/mol. The van der Waals surface area contributed by atoms with Gasteiger partial charge in [-0.25, -0.2) is 0 Å². The molecule has 0 saturated heterocycles. The van der Waals surface area contributed by atoms with Crippen molar-refractivity contribution in [2.45, 2.75) is 58.8 Å². The second kappa shape index (κ2) is 8.63. The van der Waals surface area contributed by atoms with E-state index in [4.69, 9.17) is 0 Å². The van der Waals surface area contributed by atoms with Crippen LogP contribution in [0.3, 0.4) is 0 Å². The zero-order chi connectivity index (χ0) is 15.0. The van der Waals surface area contributed by atoms with Gasteiger partial charge in [0.25, 0.3) is 0 Å². The van der Waals surface area contributed by atoms with Gasteiger partial charge in [0.15, 0.2) is 0 Å². The minimum atomic E-state index is 0.416. The van der Waals surface area contributed by atoms with Crippen LogP contribution in [0.15, 0.2) is 42.5 Å². The van der Waals surface area contributed by atoms with Crippen molar-refractivity contribution < 1.29 is 5.11 Å². The fourth-order valence-corrected chi connectivity index (χ4v) is 2.70. The summed E-state index contributed by atoms with van der Waals surface area (Å²) in [5, 5.41) is 10.1. The van der Waals surface area contributed by atoms with Crippen LogP contribution < -0.4 is 0 Å². The Balaban J connectivity index is 0.000000612. The molecular formula is C19H28O. The third-order valence-corrected chi connectivity index (χ3v) is 3.60. The van der Waals surface area contributed by atoms with Crippen LogP contribution in [0.25, 0.3) is 0 Å². The van der Waals surface area contributed by atoms with E-state index >= 15 is 0 Å². The number of phenols is 1. The van der Waals surface area contributed by atoms with Crippen molar-refractivity contribution >= 4 is 0 Å². The molecule has 0 aromatic heterocycles. The summed E-state index contributed by atoms with van der Waals surface area (Å²) in [6.07, 6.45) is 9.86. The Bertz CT molecular complexity index is 457. The van der Waals surface area contributed by atoms with E-state index in [1.165, 1.54) is 24.0 Å². The molecule has 1 aromatic rings. The van der Waals surface area contributed by atoms with Gasteiger partial charge < -0.3 is 5.11 Å². The van der Waals surface area contributed by atoms with E-state index in [1.807, 2.05) is 13.0 Å². The zero-order valence-corrected chi connectivity index (χ0v) is 13.2. The maximum absolute atomic E-state index is 10.1. The number of benzene rings is 1. The minimum absolute atomic E-state index is 0.416. The molecule has 1 aromatic carbocycles. The summed E-state index contributed by atoms with van der Waals surface area (Å²) in [6.45, 7) is 9.60. The van der Waals surface area contributed by atoms with E-state index in [1.54, 1.807) is 6.08 Å². The molecule has 1 atom stereocenters. The molecule has 20 heavy (non-hydrogen) atoms. The van der Waals surface area contributed by atoms with Crippen LogP contribution in [0.4, 0.5) is 0 Å². The molecule has 1 nitrogen and oxygen atoms in total. The normalized spacial score (nSPS) is 17.8. The molecule has 0 heterocycles. The second-order valence-electron chi connectivity index (χ2n) is 5.56. The third kappa shape index (κ3) is 4.88. The van der Waals surface area contributed by atoms with Gasteiger partial charge in [-0.3, -0.25) is 0 Å². The number of aromatic hydroxyl groups is 1. The van der Waals surface area contributed by atoms with Gasteiger partial charge in [0.05, 0.1) is 0 Å². The molecule has 1 heteroatoms. The van der Waals surface area contributed by atoms with Crippen LogP contribution in [0.1, 0.15) is 63.5 Å².